The number of unbranched alkanes of at least 4 members (excludes halogenated alkanes) is 1. The zero-order chi connectivity index (χ0) is 16.9. The Kier molecular flexibility index (Phi) is 5.90. The lowest BCUT2D eigenvalue weighted by Gasteiger charge is -2.15. The summed E-state index contributed by atoms with van der Waals surface area (Å²) in [5.74, 6) is -3.66. The van der Waals surface area contributed by atoms with Gasteiger partial charge in [0.1, 0.15) is 11.9 Å². The predicted molar refractivity (Wildman–Crippen MR) is 69.8 cm³/mol. The third-order valence-corrected chi connectivity index (χ3v) is 2.99. The fourth-order valence-electron chi connectivity index (χ4n) is 1.78. The van der Waals surface area contributed by atoms with Crippen molar-refractivity contribution in [2.24, 2.45) is 0 Å². The number of carboxylic acids is 1. The van der Waals surface area contributed by atoms with Gasteiger partial charge in [-0.15, -0.1) is 0 Å². The molecular weight excluding hydrogens is 306 g/mol. The Morgan fingerprint density at radius 3 is 2.45 bits per heavy atom. The molecule has 0 aliphatic rings. The van der Waals surface area contributed by atoms with Gasteiger partial charge >= 0.3 is 12.1 Å². The first-order valence-corrected chi connectivity index (χ1v) is 6.57. The van der Waals surface area contributed by atoms with Gasteiger partial charge in [0.05, 0.1) is 11.1 Å². The smallest absolute Gasteiger partial charge is 0.416 e. The number of hydrogen-bond donors (Lipinski definition) is 2. The predicted octanol–water partition coefficient (Wildman–Crippen LogP) is 3.22. The summed E-state index contributed by atoms with van der Waals surface area (Å²) in [6.45, 7) is 1.81. The lowest BCUT2D eigenvalue weighted by Crippen LogP contribution is -2.41. The minimum Gasteiger partial charge on any atom is -0.480 e. The van der Waals surface area contributed by atoms with E-state index in [0.29, 0.717) is 31.0 Å². The number of aliphatic carboxylic acids is 1. The standard InChI is InChI=1S/C14H15F4NO3/c1-2-3-4-11(13(21)22)19-12(20)9-7-8(14(16,17)18)5-6-10(9)15/h5-7,11H,2-4H2,1H3,(H,19,20)(H,21,22)/t11-/m0/s1. The summed E-state index contributed by atoms with van der Waals surface area (Å²) in [4.78, 5) is 22.8. The summed E-state index contributed by atoms with van der Waals surface area (Å²) in [6.07, 6.45) is -3.44. The van der Waals surface area contributed by atoms with Gasteiger partial charge in [-0.1, -0.05) is 19.8 Å². The van der Waals surface area contributed by atoms with Crippen molar-refractivity contribution in [3.63, 3.8) is 0 Å². The maximum absolute atomic E-state index is 13.5. The molecule has 0 bridgehead atoms. The first-order valence-electron chi connectivity index (χ1n) is 6.57. The van der Waals surface area contributed by atoms with Crippen molar-refractivity contribution in [3.05, 3.63) is 35.1 Å². The first-order chi connectivity index (χ1) is 10.2. The van der Waals surface area contributed by atoms with E-state index < -0.39 is 41.0 Å². The van der Waals surface area contributed by atoms with Crippen molar-refractivity contribution in [3.8, 4) is 0 Å². The summed E-state index contributed by atoms with van der Waals surface area (Å²) in [7, 11) is 0. The van der Waals surface area contributed by atoms with Crippen LogP contribution in [0.15, 0.2) is 18.2 Å². The van der Waals surface area contributed by atoms with Crippen molar-refractivity contribution in [2.45, 2.75) is 38.4 Å². The molecule has 0 spiro atoms. The number of carboxylic acid groups (broad SMARTS) is 1. The Bertz CT molecular complexity index is 558. The molecule has 0 unspecified atom stereocenters. The van der Waals surface area contributed by atoms with Gasteiger partial charge in [-0.2, -0.15) is 13.2 Å². The highest BCUT2D eigenvalue weighted by atomic mass is 19.4. The van der Waals surface area contributed by atoms with Gasteiger partial charge in [-0.25, -0.2) is 9.18 Å². The zero-order valence-corrected chi connectivity index (χ0v) is 11.7. The van der Waals surface area contributed by atoms with E-state index in [1.165, 1.54) is 0 Å². The second-order valence-corrected chi connectivity index (χ2v) is 4.70. The number of carbonyl (C=O) groups excluding carboxylic acids is 1. The Hall–Kier alpha value is -2.12. The minimum absolute atomic E-state index is 0.109. The summed E-state index contributed by atoms with van der Waals surface area (Å²) in [5, 5.41) is 11.0. The average molecular weight is 321 g/mol. The average Bonchev–Trinajstić information content (AvgIpc) is 2.42. The number of hydrogen-bond acceptors (Lipinski definition) is 2. The highest BCUT2D eigenvalue weighted by Crippen LogP contribution is 2.30. The van der Waals surface area contributed by atoms with E-state index in [1.54, 1.807) is 0 Å². The molecule has 1 atom stereocenters. The molecule has 0 radical (unpaired) electrons. The summed E-state index contributed by atoms with van der Waals surface area (Å²) in [6, 6.07) is 0.127. The van der Waals surface area contributed by atoms with Crippen LogP contribution in [0.25, 0.3) is 0 Å². The molecule has 8 heteroatoms. The van der Waals surface area contributed by atoms with E-state index in [9.17, 15) is 27.2 Å². The van der Waals surface area contributed by atoms with Crippen LogP contribution in [-0.4, -0.2) is 23.0 Å². The molecule has 4 nitrogen and oxygen atoms in total. The molecule has 0 aliphatic heterocycles. The topological polar surface area (TPSA) is 66.4 Å². The Morgan fingerprint density at radius 2 is 1.95 bits per heavy atom. The van der Waals surface area contributed by atoms with Crippen LogP contribution in [0.1, 0.15) is 42.1 Å². The van der Waals surface area contributed by atoms with Crippen LogP contribution in [0.3, 0.4) is 0 Å². The highest BCUT2D eigenvalue weighted by Gasteiger charge is 2.32. The second-order valence-electron chi connectivity index (χ2n) is 4.70. The maximum atomic E-state index is 13.5. The minimum atomic E-state index is -4.73. The number of nitrogens with one attached hydrogen (secondary N) is 1. The van der Waals surface area contributed by atoms with Gasteiger partial charge in [0.2, 0.25) is 0 Å². The molecule has 2 N–H and O–H groups in total. The molecule has 0 heterocycles. The first kappa shape index (κ1) is 17.9. The normalized spacial score (nSPS) is 12.8. The van der Waals surface area contributed by atoms with Crippen LogP contribution in [0.2, 0.25) is 0 Å². The molecule has 0 aromatic heterocycles. The van der Waals surface area contributed by atoms with E-state index in [-0.39, 0.29) is 6.42 Å². The van der Waals surface area contributed by atoms with E-state index in [1.807, 2.05) is 12.2 Å². The molecule has 0 saturated heterocycles. The van der Waals surface area contributed by atoms with Crippen LogP contribution in [0.4, 0.5) is 17.6 Å². The molecule has 0 aliphatic carbocycles. The maximum Gasteiger partial charge on any atom is 0.416 e. The number of benzene rings is 1. The van der Waals surface area contributed by atoms with Gasteiger partial charge in [0, 0.05) is 0 Å². The zero-order valence-electron chi connectivity index (χ0n) is 11.7. The van der Waals surface area contributed by atoms with E-state index in [2.05, 4.69) is 0 Å². The van der Waals surface area contributed by atoms with Crippen LogP contribution in [-0.2, 0) is 11.0 Å². The quantitative estimate of drug-likeness (QED) is 0.791. The highest BCUT2D eigenvalue weighted by molar-refractivity contribution is 5.97. The third-order valence-electron chi connectivity index (χ3n) is 2.99. The van der Waals surface area contributed by atoms with Gasteiger partial charge in [0.15, 0.2) is 0 Å². The second kappa shape index (κ2) is 7.24. The summed E-state index contributed by atoms with van der Waals surface area (Å²) >= 11 is 0. The third kappa shape index (κ3) is 4.71. The molecule has 22 heavy (non-hydrogen) atoms. The van der Waals surface area contributed by atoms with Crippen LogP contribution in [0.5, 0.6) is 0 Å². The largest absolute Gasteiger partial charge is 0.480 e. The monoisotopic (exact) mass is 321 g/mol. The molecule has 0 saturated carbocycles. The van der Waals surface area contributed by atoms with E-state index in [0.717, 1.165) is 0 Å². The van der Waals surface area contributed by atoms with Gasteiger partial charge < -0.3 is 10.4 Å². The van der Waals surface area contributed by atoms with Crippen molar-refractivity contribution >= 4 is 11.9 Å². The van der Waals surface area contributed by atoms with Crippen LogP contribution >= 0.6 is 0 Å². The lowest BCUT2D eigenvalue weighted by atomic mass is 10.1. The molecule has 0 fully saturated rings. The molecule has 1 amide bonds. The van der Waals surface area contributed by atoms with Crippen molar-refractivity contribution < 1.29 is 32.3 Å². The molecule has 122 valence electrons. The molecule has 1 rings (SSSR count). The van der Waals surface area contributed by atoms with Crippen molar-refractivity contribution in [1.82, 2.24) is 5.32 Å². The fourth-order valence-corrected chi connectivity index (χ4v) is 1.78. The number of alkyl halides is 3. The molecular formula is C14H15F4NO3. The van der Waals surface area contributed by atoms with Gasteiger partial charge in [0.25, 0.3) is 5.91 Å². The SMILES string of the molecule is CCCC[C@H](NC(=O)c1cc(C(F)(F)F)ccc1F)C(=O)O. The number of amides is 1. The Labute approximate surface area is 124 Å². The molecule has 1 aromatic carbocycles. The van der Waals surface area contributed by atoms with Crippen molar-refractivity contribution in [1.29, 1.82) is 0 Å². The number of carbonyl (C=O) groups is 2. The number of halogens is 4. The molecule has 1 aromatic rings. The lowest BCUT2D eigenvalue weighted by molar-refractivity contribution is -0.139. The fraction of sp³-hybridized carbons (Fsp3) is 0.429. The number of rotatable bonds is 6. The van der Waals surface area contributed by atoms with Crippen molar-refractivity contribution in [2.75, 3.05) is 0 Å². The Balaban J connectivity index is 2.99. The van der Waals surface area contributed by atoms with E-state index >= 15 is 0 Å². The van der Waals surface area contributed by atoms with Gasteiger partial charge in [-0.05, 0) is 24.6 Å². The summed E-state index contributed by atoms with van der Waals surface area (Å²) in [5.41, 5.74) is -2.02. The van der Waals surface area contributed by atoms with E-state index in [4.69, 9.17) is 5.11 Å². The van der Waals surface area contributed by atoms with Crippen LogP contribution in [0, 0.1) is 5.82 Å². The van der Waals surface area contributed by atoms with Gasteiger partial charge in [-0.3, -0.25) is 4.79 Å². The Morgan fingerprint density at radius 1 is 1.32 bits per heavy atom. The van der Waals surface area contributed by atoms with Crippen LogP contribution < -0.4 is 5.32 Å². The summed E-state index contributed by atoms with van der Waals surface area (Å²) < 4.78 is 51.3.